The molecule has 0 amide bonds. The Morgan fingerprint density at radius 2 is 1.16 bits per heavy atom. The van der Waals surface area contributed by atoms with E-state index >= 15 is 0 Å². The molecule has 2 aromatic rings. The van der Waals surface area contributed by atoms with Gasteiger partial charge in [-0.1, -0.05) is 13.8 Å². The fourth-order valence-corrected chi connectivity index (χ4v) is 2.73. The summed E-state index contributed by atoms with van der Waals surface area (Å²) in [4.78, 5) is 21.4. The summed E-state index contributed by atoms with van der Waals surface area (Å²) in [6.45, 7) is 7.46. The van der Waals surface area contributed by atoms with Crippen LogP contribution in [0.15, 0.2) is 24.3 Å². The summed E-state index contributed by atoms with van der Waals surface area (Å²) in [5.74, 6) is 0.688. The van der Waals surface area contributed by atoms with Crippen molar-refractivity contribution < 1.29 is 14.6 Å². The number of benzene rings is 2. The second kappa shape index (κ2) is 7.29. The number of nitro benzene ring substituents is 2. The molecule has 132 valence electrons. The zero-order chi connectivity index (χ0) is 18.7. The van der Waals surface area contributed by atoms with E-state index in [1.165, 1.54) is 24.3 Å². The summed E-state index contributed by atoms with van der Waals surface area (Å²) in [7, 11) is 0. The quantitative estimate of drug-likeness (QED) is 0.540. The van der Waals surface area contributed by atoms with Crippen molar-refractivity contribution in [3.8, 4) is 11.5 Å². The number of nitro groups is 2. The first-order valence-electron chi connectivity index (χ1n) is 8.02. The van der Waals surface area contributed by atoms with Crippen LogP contribution < -0.4 is 4.74 Å². The minimum atomic E-state index is -0.469. The van der Waals surface area contributed by atoms with Crippen LogP contribution in [0, 0.1) is 34.1 Å². The third-order valence-electron chi connectivity index (χ3n) is 4.31. The smallest absolute Gasteiger partial charge is 0.273 e. The monoisotopic (exact) mass is 344 g/mol. The van der Waals surface area contributed by atoms with Gasteiger partial charge in [0.2, 0.25) is 0 Å². The summed E-state index contributed by atoms with van der Waals surface area (Å²) in [6, 6.07) is 5.77. The van der Waals surface area contributed by atoms with Gasteiger partial charge in [0.1, 0.15) is 11.5 Å². The highest BCUT2D eigenvalue weighted by Gasteiger charge is 2.18. The minimum absolute atomic E-state index is 0.0590. The number of non-ortho nitro benzene ring substituents is 2. The Morgan fingerprint density at radius 1 is 0.800 bits per heavy atom. The van der Waals surface area contributed by atoms with Crippen molar-refractivity contribution in [1.82, 2.24) is 0 Å². The topological polar surface area (TPSA) is 95.5 Å². The molecule has 7 nitrogen and oxygen atoms in total. The molecule has 0 aliphatic carbocycles. The van der Waals surface area contributed by atoms with Crippen molar-refractivity contribution in [3.63, 3.8) is 0 Å². The van der Waals surface area contributed by atoms with Gasteiger partial charge in [0.15, 0.2) is 0 Å². The molecule has 25 heavy (non-hydrogen) atoms. The average Bonchev–Trinajstić information content (AvgIpc) is 2.57. The number of hydrogen-bond donors (Lipinski definition) is 0. The predicted molar refractivity (Wildman–Crippen MR) is 94.5 cm³/mol. The Hall–Kier alpha value is -2.96. The van der Waals surface area contributed by atoms with Gasteiger partial charge in [-0.2, -0.15) is 0 Å². The Balaban J connectivity index is 2.59. The van der Waals surface area contributed by atoms with Gasteiger partial charge in [0.05, 0.1) is 22.0 Å². The number of hydrogen-bond acceptors (Lipinski definition) is 5. The van der Waals surface area contributed by atoms with Crippen LogP contribution in [0.1, 0.15) is 36.1 Å². The Kier molecular flexibility index (Phi) is 5.36. The number of nitrogens with zero attached hydrogens (tertiary/aromatic N) is 2. The van der Waals surface area contributed by atoms with Crippen molar-refractivity contribution in [2.24, 2.45) is 0 Å². The molecule has 0 aromatic heterocycles. The number of aryl methyl sites for hydroxylation is 2. The van der Waals surface area contributed by atoms with Crippen LogP contribution in [0.3, 0.4) is 0 Å². The molecule has 0 aliphatic rings. The van der Waals surface area contributed by atoms with E-state index in [4.69, 9.17) is 4.74 Å². The molecule has 2 rings (SSSR count). The van der Waals surface area contributed by atoms with Gasteiger partial charge in [-0.25, -0.2) is 0 Å². The molecule has 0 saturated heterocycles. The fourth-order valence-electron chi connectivity index (χ4n) is 2.73. The average molecular weight is 344 g/mol. The van der Waals surface area contributed by atoms with E-state index in [1.807, 2.05) is 27.7 Å². The molecule has 0 fully saturated rings. The Bertz CT molecular complexity index is 776. The van der Waals surface area contributed by atoms with Gasteiger partial charge in [-0.3, -0.25) is 20.2 Å². The Labute approximate surface area is 145 Å². The van der Waals surface area contributed by atoms with E-state index in [9.17, 15) is 20.2 Å². The zero-order valence-electron chi connectivity index (χ0n) is 14.7. The minimum Gasteiger partial charge on any atom is -0.456 e. The molecular weight excluding hydrogens is 324 g/mol. The van der Waals surface area contributed by atoms with Crippen LogP contribution in [0.25, 0.3) is 0 Å². The van der Waals surface area contributed by atoms with Gasteiger partial charge >= 0.3 is 0 Å². The highest BCUT2D eigenvalue weighted by molar-refractivity contribution is 5.54. The van der Waals surface area contributed by atoms with Crippen LogP contribution >= 0.6 is 0 Å². The molecule has 0 aliphatic heterocycles. The third kappa shape index (κ3) is 3.76. The van der Waals surface area contributed by atoms with Crippen LogP contribution in [-0.2, 0) is 12.8 Å². The lowest BCUT2D eigenvalue weighted by Gasteiger charge is -2.15. The molecule has 0 atom stereocenters. The third-order valence-corrected chi connectivity index (χ3v) is 4.31. The van der Waals surface area contributed by atoms with Crippen molar-refractivity contribution in [1.29, 1.82) is 0 Å². The Morgan fingerprint density at radius 3 is 1.44 bits per heavy atom. The van der Waals surface area contributed by atoms with Crippen molar-refractivity contribution in [2.75, 3.05) is 0 Å². The van der Waals surface area contributed by atoms with E-state index in [0.717, 1.165) is 22.3 Å². The first kappa shape index (κ1) is 18.4. The molecule has 0 saturated carbocycles. The summed E-state index contributed by atoms with van der Waals surface area (Å²) < 4.78 is 5.90. The van der Waals surface area contributed by atoms with Gasteiger partial charge in [0, 0.05) is 12.1 Å². The van der Waals surface area contributed by atoms with E-state index in [2.05, 4.69) is 0 Å². The molecule has 0 unspecified atom stereocenters. The van der Waals surface area contributed by atoms with Crippen LogP contribution in [-0.4, -0.2) is 9.85 Å². The maximum absolute atomic E-state index is 11.2. The maximum atomic E-state index is 11.2. The summed E-state index contributed by atoms with van der Waals surface area (Å²) in [5, 5.41) is 22.3. The molecule has 0 spiro atoms. The standard InChI is InChI=1S/C18H20N2O5/c1-5-13-7-15(19(21)22)9-17(11(13)3)25-18-10-16(20(23)24)8-14(6-2)12(18)4/h7-10H,5-6H2,1-4H3. The largest absolute Gasteiger partial charge is 0.456 e. The fraction of sp³-hybridized carbons (Fsp3) is 0.333. The second-order valence-corrected chi connectivity index (χ2v) is 5.78. The van der Waals surface area contributed by atoms with Crippen molar-refractivity contribution in [3.05, 3.63) is 66.7 Å². The van der Waals surface area contributed by atoms with E-state index < -0.39 is 9.85 Å². The molecule has 2 aromatic carbocycles. The van der Waals surface area contributed by atoms with Crippen molar-refractivity contribution >= 4 is 11.4 Å². The summed E-state index contributed by atoms with van der Waals surface area (Å²) >= 11 is 0. The first-order valence-corrected chi connectivity index (χ1v) is 8.02. The molecule has 0 heterocycles. The number of ether oxygens (including phenoxy) is 1. The highest BCUT2D eigenvalue weighted by atomic mass is 16.6. The lowest BCUT2D eigenvalue weighted by molar-refractivity contribution is -0.385. The van der Waals surface area contributed by atoms with Crippen LogP contribution in [0.2, 0.25) is 0 Å². The molecule has 0 radical (unpaired) electrons. The van der Waals surface area contributed by atoms with Gasteiger partial charge < -0.3 is 4.74 Å². The number of rotatable bonds is 6. The maximum Gasteiger partial charge on any atom is 0.273 e. The zero-order valence-corrected chi connectivity index (χ0v) is 14.7. The van der Waals surface area contributed by atoms with Gasteiger partial charge in [-0.05, 0) is 48.9 Å². The predicted octanol–water partition coefficient (Wildman–Crippen LogP) is 5.04. The van der Waals surface area contributed by atoms with E-state index in [0.29, 0.717) is 24.3 Å². The first-order chi connectivity index (χ1) is 11.8. The molecule has 7 heteroatoms. The van der Waals surface area contributed by atoms with Crippen LogP contribution in [0.5, 0.6) is 11.5 Å². The van der Waals surface area contributed by atoms with Crippen molar-refractivity contribution in [2.45, 2.75) is 40.5 Å². The lowest BCUT2D eigenvalue weighted by Crippen LogP contribution is -2.00. The lowest BCUT2D eigenvalue weighted by atomic mass is 10.0. The van der Waals surface area contributed by atoms with E-state index in [-0.39, 0.29) is 11.4 Å². The van der Waals surface area contributed by atoms with Gasteiger partial charge in [-0.15, -0.1) is 0 Å². The molecule has 0 N–H and O–H groups in total. The highest BCUT2D eigenvalue weighted by Crippen LogP contribution is 2.36. The summed E-state index contributed by atoms with van der Waals surface area (Å²) in [6.07, 6.45) is 1.25. The van der Waals surface area contributed by atoms with E-state index in [1.54, 1.807) is 0 Å². The molecule has 0 bridgehead atoms. The van der Waals surface area contributed by atoms with Crippen LogP contribution in [0.4, 0.5) is 11.4 Å². The van der Waals surface area contributed by atoms with Gasteiger partial charge in [0.25, 0.3) is 11.4 Å². The summed E-state index contributed by atoms with van der Waals surface area (Å²) in [5.41, 5.74) is 3.08. The molecular formula is C18H20N2O5. The normalized spacial score (nSPS) is 10.6. The second-order valence-electron chi connectivity index (χ2n) is 5.78. The SMILES string of the molecule is CCc1cc([N+](=O)[O-])cc(Oc2cc([N+](=O)[O-])cc(CC)c2C)c1C.